The van der Waals surface area contributed by atoms with Crippen molar-refractivity contribution in [2.45, 2.75) is 25.5 Å². The molecular weight excluding hydrogens is 370 g/mol. The van der Waals surface area contributed by atoms with E-state index in [1.807, 2.05) is 54.6 Å². The number of amides is 2. The fraction of sp³-hybridized carbons (Fsp3) is 0.333. The quantitative estimate of drug-likeness (QED) is 0.661. The Morgan fingerprint density at radius 2 is 1.93 bits per heavy atom. The van der Waals surface area contributed by atoms with Crippen LogP contribution in [0.3, 0.4) is 0 Å². The Morgan fingerprint density at radius 1 is 1.14 bits per heavy atom. The molecule has 1 aliphatic rings. The van der Waals surface area contributed by atoms with E-state index in [9.17, 15) is 9.59 Å². The number of nitrogens with one attached hydrogen (secondary N) is 1. The molecule has 1 aromatic heterocycles. The molecule has 1 N–H and O–H groups in total. The van der Waals surface area contributed by atoms with Crippen LogP contribution in [0.25, 0.3) is 11.0 Å². The second-order valence-electron chi connectivity index (χ2n) is 6.99. The monoisotopic (exact) mass is 393 g/mol. The summed E-state index contributed by atoms with van der Waals surface area (Å²) in [6.45, 7) is 1.13. The van der Waals surface area contributed by atoms with E-state index in [4.69, 9.17) is 4.74 Å². The zero-order chi connectivity index (χ0) is 20.1. The molecule has 1 fully saturated rings. The Morgan fingerprint density at radius 3 is 2.72 bits per heavy atom. The fourth-order valence-electron chi connectivity index (χ4n) is 3.41. The Bertz CT molecular complexity index is 982. The molecule has 1 saturated heterocycles. The number of aromatic nitrogens is 3. The number of fused-ring (bicyclic) bond motifs is 1. The van der Waals surface area contributed by atoms with Crippen LogP contribution in [-0.4, -0.2) is 52.6 Å². The van der Waals surface area contributed by atoms with Gasteiger partial charge in [0.2, 0.25) is 11.8 Å². The summed E-state index contributed by atoms with van der Waals surface area (Å²) >= 11 is 0. The van der Waals surface area contributed by atoms with Crippen LogP contribution >= 0.6 is 0 Å². The smallest absolute Gasteiger partial charge is 0.249 e. The first-order valence-corrected chi connectivity index (χ1v) is 9.72. The van der Waals surface area contributed by atoms with Crippen molar-refractivity contribution in [3.05, 3.63) is 54.6 Å². The molecule has 2 amide bonds. The lowest BCUT2D eigenvalue weighted by molar-refractivity contribution is -0.124. The van der Waals surface area contributed by atoms with E-state index in [2.05, 4.69) is 15.6 Å². The normalized spacial score (nSPS) is 16.1. The van der Waals surface area contributed by atoms with Crippen LogP contribution < -0.4 is 10.2 Å². The Hall–Kier alpha value is -3.26. The Balaban J connectivity index is 1.47. The minimum Gasteiger partial charge on any atom is -0.376 e. The van der Waals surface area contributed by atoms with Gasteiger partial charge in [-0.3, -0.25) is 9.59 Å². The maximum atomic E-state index is 13.1. The van der Waals surface area contributed by atoms with Gasteiger partial charge in [-0.1, -0.05) is 35.5 Å². The molecule has 1 aliphatic heterocycles. The summed E-state index contributed by atoms with van der Waals surface area (Å²) in [6.07, 6.45) is 2.02. The van der Waals surface area contributed by atoms with Crippen molar-refractivity contribution in [3.8, 4) is 0 Å². The third-order valence-corrected chi connectivity index (χ3v) is 4.93. The number of carbonyl (C=O) groups excluding carboxylic acids is 2. The molecule has 0 saturated carbocycles. The summed E-state index contributed by atoms with van der Waals surface area (Å²) in [5.41, 5.74) is 2.16. The van der Waals surface area contributed by atoms with Gasteiger partial charge in [0.25, 0.3) is 0 Å². The van der Waals surface area contributed by atoms with Crippen molar-refractivity contribution in [2.24, 2.45) is 0 Å². The molecule has 29 heavy (non-hydrogen) atoms. The third-order valence-electron chi connectivity index (χ3n) is 4.93. The van der Waals surface area contributed by atoms with E-state index in [0.717, 1.165) is 30.5 Å². The van der Waals surface area contributed by atoms with Crippen LogP contribution in [0.4, 0.5) is 5.69 Å². The second kappa shape index (κ2) is 8.83. The zero-order valence-corrected chi connectivity index (χ0v) is 16.0. The van der Waals surface area contributed by atoms with Gasteiger partial charge in [0.05, 0.1) is 11.6 Å². The number of rotatable bonds is 7. The van der Waals surface area contributed by atoms with Crippen molar-refractivity contribution in [1.82, 2.24) is 20.3 Å². The predicted molar refractivity (Wildman–Crippen MR) is 108 cm³/mol. The van der Waals surface area contributed by atoms with Gasteiger partial charge in [0, 0.05) is 18.8 Å². The maximum Gasteiger partial charge on any atom is 0.249 e. The lowest BCUT2D eigenvalue weighted by Crippen LogP contribution is -2.44. The first-order valence-electron chi connectivity index (χ1n) is 9.72. The molecule has 0 spiro atoms. The highest BCUT2D eigenvalue weighted by atomic mass is 16.5. The van der Waals surface area contributed by atoms with E-state index in [0.29, 0.717) is 12.2 Å². The molecule has 1 atom stereocenters. The summed E-state index contributed by atoms with van der Waals surface area (Å²) < 4.78 is 7.09. The van der Waals surface area contributed by atoms with Crippen molar-refractivity contribution in [2.75, 3.05) is 24.6 Å². The number of benzene rings is 2. The molecule has 8 heteroatoms. The molecule has 3 aromatic rings. The van der Waals surface area contributed by atoms with E-state index in [1.165, 1.54) is 4.90 Å². The standard InChI is InChI=1S/C21H23N5O3/c27-20(22-13-17-9-6-12-29-17)14-25(16-7-2-1-3-8-16)21(28)15-26-19-11-5-4-10-18(19)23-24-26/h1-5,7-8,10-11,17H,6,9,12-15H2,(H,22,27)/t17-/m0/s1. The first kappa shape index (κ1) is 19.1. The zero-order valence-electron chi connectivity index (χ0n) is 16.0. The molecule has 0 radical (unpaired) electrons. The molecule has 0 aliphatic carbocycles. The molecule has 2 aromatic carbocycles. The molecule has 2 heterocycles. The summed E-state index contributed by atoms with van der Waals surface area (Å²) in [5, 5.41) is 11.0. The van der Waals surface area contributed by atoms with Gasteiger partial charge in [-0.15, -0.1) is 5.10 Å². The topological polar surface area (TPSA) is 89.4 Å². The molecular formula is C21H23N5O3. The average molecular weight is 393 g/mol. The first-order chi connectivity index (χ1) is 14.2. The van der Waals surface area contributed by atoms with Crippen molar-refractivity contribution >= 4 is 28.5 Å². The third kappa shape index (κ3) is 4.60. The van der Waals surface area contributed by atoms with E-state index in [-0.39, 0.29) is 31.0 Å². The van der Waals surface area contributed by atoms with Crippen LogP contribution in [0, 0.1) is 0 Å². The molecule has 150 valence electrons. The SMILES string of the molecule is O=C(CN(C(=O)Cn1nnc2ccccc21)c1ccccc1)NC[C@@H]1CCCO1. The van der Waals surface area contributed by atoms with Gasteiger partial charge in [-0.2, -0.15) is 0 Å². The predicted octanol–water partition coefficient (Wildman–Crippen LogP) is 1.76. The highest BCUT2D eigenvalue weighted by Gasteiger charge is 2.22. The van der Waals surface area contributed by atoms with Gasteiger partial charge >= 0.3 is 0 Å². The molecule has 8 nitrogen and oxygen atoms in total. The van der Waals surface area contributed by atoms with Crippen LogP contribution in [0.15, 0.2) is 54.6 Å². The lowest BCUT2D eigenvalue weighted by Gasteiger charge is -2.23. The summed E-state index contributed by atoms with van der Waals surface area (Å²) in [5.74, 6) is -0.458. The van der Waals surface area contributed by atoms with Crippen molar-refractivity contribution < 1.29 is 14.3 Å². The summed E-state index contributed by atoms with van der Waals surface area (Å²) in [6, 6.07) is 16.6. The van der Waals surface area contributed by atoms with Crippen LogP contribution in [0.2, 0.25) is 0 Å². The van der Waals surface area contributed by atoms with Crippen LogP contribution in [0.1, 0.15) is 12.8 Å². The molecule has 0 bridgehead atoms. The highest BCUT2D eigenvalue weighted by Crippen LogP contribution is 2.16. The number of para-hydroxylation sites is 2. The van der Waals surface area contributed by atoms with Crippen molar-refractivity contribution in [3.63, 3.8) is 0 Å². The maximum absolute atomic E-state index is 13.1. The Labute approximate surface area is 168 Å². The van der Waals surface area contributed by atoms with Gasteiger partial charge in [-0.25, -0.2) is 4.68 Å². The van der Waals surface area contributed by atoms with E-state index >= 15 is 0 Å². The Kier molecular flexibility index (Phi) is 5.81. The number of hydrogen-bond donors (Lipinski definition) is 1. The minimum absolute atomic E-state index is 0.00553. The van der Waals surface area contributed by atoms with Gasteiger partial charge in [0.15, 0.2) is 0 Å². The molecule has 4 rings (SSSR count). The summed E-state index contributed by atoms with van der Waals surface area (Å²) in [4.78, 5) is 27.1. The highest BCUT2D eigenvalue weighted by molar-refractivity contribution is 5.99. The fourth-order valence-corrected chi connectivity index (χ4v) is 3.41. The number of ether oxygens (including phenoxy) is 1. The second-order valence-corrected chi connectivity index (χ2v) is 6.99. The average Bonchev–Trinajstić information content (AvgIpc) is 3.41. The van der Waals surface area contributed by atoms with Crippen molar-refractivity contribution in [1.29, 1.82) is 0 Å². The van der Waals surface area contributed by atoms with E-state index in [1.54, 1.807) is 4.68 Å². The van der Waals surface area contributed by atoms with Gasteiger partial charge in [0.1, 0.15) is 18.6 Å². The minimum atomic E-state index is -0.237. The number of carbonyl (C=O) groups is 2. The van der Waals surface area contributed by atoms with Gasteiger partial charge < -0.3 is 15.0 Å². The summed E-state index contributed by atoms with van der Waals surface area (Å²) in [7, 11) is 0. The number of hydrogen-bond acceptors (Lipinski definition) is 5. The number of anilines is 1. The van der Waals surface area contributed by atoms with Crippen LogP contribution in [0.5, 0.6) is 0 Å². The van der Waals surface area contributed by atoms with Crippen LogP contribution in [-0.2, 0) is 20.9 Å². The van der Waals surface area contributed by atoms with Gasteiger partial charge in [-0.05, 0) is 37.1 Å². The largest absolute Gasteiger partial charge is 0.376 e. The molecule has 0 unspecified atom stereocenters. The van der Waals surface area contributed by atoms with E-state index < -0.39 is 0 Å². The number of nitrogens with zero attached hydrogens (tertiary/aromatic N) is 4. The lowest BCUT2D eigenvalue weighted by atomic mass is 10.2.